The van der Waals surface area contributed by atoms with E-state index in [1.807, 2.05) is 0 Å². The second kappa shape index (κ2) is 13.6. The lowest BCUT2D eigenvalue weighted by Gasteiger charge is -2.41. The first-order chi connectivity index (χ1) is 18.9. The van der Waals surface area contributed by atoms with Gasteiger partial charge in [0.05, 0.1) is 45.5 Å². The topological polar surface area (TPSA) is 150 Å². The first kappa shape index (κ1) is 29.2. The van der Waals surface area contributed by atoms with E-state index in [1.165, 1.54) is 7.11 Å². The predicted octanol–water partition coefficient (Wildman–Crippen LogP) is -0.993. The molecule has 1 fully saturated rings. The molecule has 1 aromatic carbocycles. The maximum absolute atomic E-state index is 13.4. The van der Waals surface area contributed by atoms with E-state index in [4.69, 9.17) is 18.9 Å². The molecule has 0 bridgehead atoms. The van der Waals surface area contributed by atoms with E-state index in [1.54, 1.807) is 30.0 Å². The van der Waals surface area contributed by atoms with Gasteiger partial charge in [-0.3, -0.25) is 14.5 Å². The molecule has 3 aliphatic rings. The molecule has 1 saturated heterocycles. The Kier molecular flexibility index (Phi) is 10.2. The highest BCUT2D eigenvalue weighted by atomic mass is 16.5. The lowest BCUT2D eigenvalue weighted by atomic mass is 9.77. The fourth-order valence-electron chi connectivity index (χ4n) is 5.41. The summed E-state index contributed by atoms with van der Waals surface area (Å²) in [5.41, 5.74) is 1.48. The molecule has 2 heterocycles. The standard InChI is InChI=1S/C27H39N3O9/c1-3-37-16-22(33)30(6-5-29-7-10-38-11-8-29)20-14-19(27(35)28-4-9-31)23-18-12-17(15-32)13-21(36-2)25(18)39-26(23)24(20)34/h12-14,20,23-24,26,31-32,34H,3-11,15-16H2,1-2H3,(H,28,35). The molecule has 4 unspecified atom stereocenters. The number of fused-ring (bicyclic) bond motifs is 3. The molecule has 4 N–H and O–H groups in total. The average Bonchev–Trinajstić information content (AvgIpc) is 3.35. The van der Waals surface area contributed by atoms with Crippen LogP contribution in [0.3, 0.4) is 0 Å². The monoisotopic (exact) mass is 549 g/mol. The minimum absolute atomic E-state index is 0.0402. The summed E-state index contributed by atoms with van der Waals surface area (Å²) in [7, 11) is 1.48. The molecule has 12 heteroatoms. The number of methoxy groups -OCH3 is 1. The van der Waals surface area contributed by atoms with Gasteiger partial charge in [-0.15, -0.1) is 0 Å². The molecule has 1 aliphatic carbocycles. The highest BCUT2D eigenvalue weighted by Crippen LogP contribution is 2.51. The van der Waals surface area contributed by atoms with Crippen LogP contribution in [0.25, 0.3) is 0 Å². The van der Waals surface area contributed by atoms with Gasteiger partial charge in [-0.25, -0.2) is 0 Å². The highest BCUT2D eigenvalue weighted by Gasteiger charge is 2.51. The van der Waals surface area contributed by atoms with Gasteiger partial charge in [0.1, 0.15) is 18.8 Å². The number of aliphatic hydroxyl groups is 3. The molecule has 2 amide bonds. The molecular weight excluding hydrogens is 510 g/mol. The maximum Gasteiger partial charge on any atom is 0.249 e. The molecule has 0 radical (unpaired) electrons. The Bertz CT molecular complexity index is 1040. The zero-order chi connectivity index (χ0) is 27.9. The molecule has 0 spiro atoms. The van der Waals surface area contributed by atoms with E-state index < -0.39 is 30.1 Å². The van der Waals surface area contributed by atoms with Gasteiger partial charge < -0.3 is 44.5 Å². The summed E-state index contributed by atoms with van der Waals surface area (Å²) in [6.45, 7) is 5.11. The molecule has 4 rings (SSSR count). The fourth-order valence-corrected chi connectivity index (χ4v) is 5.41. The van der Waals surface area contributed by atoms with Crippen molar-refractivity contribution in [3.63, 3.8) is 0 Å². The number of hydrogen-bond acceptors (Lipinski definition) is 10. The number of benzene rings is 1. The Labute approximate surface area is 228 Å². The number of nitrogens with zero attached hydrogens (tertiary/aromatic N) is 2. The van der Waals surface area contributed by atoms with Crippen molar-refractivity contribution in [1.29, 1.82) is 0 Å². The molecule has 39 heavy (non-hydrogen) atoms. The number of nitrogens with one attached hydrogen (secondary N) is 1. The van der Waals surface area contributed by atoms with Crippen molar-refractivity contribution >= 4 is 11.8 Å². The first-order valence-corrected chi connectivity index (χ1v) is 13.4. The van der Waals surface area contributed by atoms with Crippen molar-refractivity contribution in [3.05, 3.63) is 34.9 Å². The predicted molar refractivity (Wildman–Crippen MR) is 140 cm³/mol. The Balaban J connectivity index is 1.72. The number of amides is 2. The van der Waals surface area contributed by atoms with Crippen LogP contribution in [0.2, 0.25) is 0 Å². The van der Waals surface area contributed by atoms with Crippen molar-refractivity contribution in [2.24, 2.45) is 0 Å². The Morgan fingerprint density at radius 3 is 2.67 bits per heavy atom. The van der Waals surface area contributed by atoms with Gasteiger partial charge >= 0.3 is 0 Å². The van der Waals surface area contributed by atoms with Crippen LogP contribution in [0.1, 0.15) is 24.0 Å². The van der Waals surface area contributed by atoms with E-state index >= 15 is 0 Å². The van der Waals surface area contributed by atoms with Crippen LogP contribution in [0, 0.1) is 0 Å². The number of carbonyl (C=O) groups excluding carboxylic acids is 2. The van der Waals surface area contributed by atoms with Crippen LogP contribution in [-0.2, 0) is 25.7 Å². The van der Waals surface area contributed by atoms with Crippen LogP contribution in [-0.4, -0.2) is 128 Å². The van der Waals surface area contributed by atoms with Crippen LogP contribution in [0.5, 0.6) is 11.5 Å². The van der Waals surface area contributed by atoms with Crippen molar-refractivity contribution in [1.82, 2.24) is 15.1 Å². The zero-order valence-electron chi connectivity index (χ0n) is 22.5. The fraction of sp³-hybridized carbons (Fsp3) is 0.630. The van der Waals surface area contributed by atoms with Crippen molar-refractivity contribution in [2.75, 3.05) is 72.9 Å². The van der Waals surface area contributed by atoms with Gasteiger partial charge in [0, 0.05) is 50.5 Å². The molecule has 2 aliphatic heterocycles. The smallest absolute Gasteiger partial charge is 0.249 e. The van der Waals surface area contributed by atoms with E-state index in [2.05, 4.69) is 10.2 Å². The lowest BCUT2D eigenvalue weighted by molar-refractivity contribution is -0.142. The van der Waals surface area contributed by atoms with Crippen molar-refractivity contribution < 1.29 is 43.9 Å². The second-order valence-electron chi connectivity index (χ2n) is 9.70. The number of ether oxygens (including phenoxy) is 4. The molecule has 0 saturated carbocycles. The third kappa shape index (κ3) is 6.37. The highest BCUT2D eigenvalue weighted by molar-refractivity contribution is 5.96. The molecule has 216 valence electrons. The van der Waals surface area contributed by atoms with Gasteiger partial charge in [0.2, 0.25) is 11.8 Å². The summed E-state index contributed by atoms with van der Waals surface area (Å²) in [5, 5.41) is 33.5. The Morgan fingerprint density at radius 1 is 1.23 bits per heavy atom. The summed E-state index contributed by atoms with van der Waals surface area (Å²) in [4.78, 5) is 30.5. The maximum atomic E-state index is 13.4. The largest absolute Gasteiger partial charge is 0.493 e. The summed E-state index contributed by atoms with van der Waals surface area (Å²) in [5.74, 6) is -0.665. The number of aliphatic hydroxyl groups excluding tert-OH is 3. The van der Waals surface area contributed by atoms with Crippen molar-refractivity contribution in [2.45, 2.75) is 37.7 Å². The summed E-state index contributed by atoms with van der Waals surface area (Å²) in [6, 6.07) is 2.52. The van der Waals surface area contributed by atoms with E-state index in [-0.39, 0.29) is 32.3 Å². The van der Waals surface area contributed by atoms with E-state index in [0.29, 0.717) is 61.1 Å². The number of carbonyl (C=O) groups is 2. The minimum atomic E-state index is -1.17. The van der Waals surface area contributed by atoms with Gasteiger partial charge in [-0.1, -0.05) is 0 Å². The van der Waals surface area contributed by atoms with Crippen LogP contribution in [0.4, 0.5) is 0 Å². The average molecular weight is 550 g/mol. The first-order valence-electron chi connectivity index (χ1n) is 13.4. The second-order valence-corrected chi connectivity index (χ2v) is 9.70. The van der Waals surface area contributed by atoms with Crippen LogP contribution in [0.15, 0.2) is 23.8 Å². The van der Waals surface area contributed by atoms with Gasteiger partial charge in [0.25, 0.3) is 0 Å². The van der Waals surface area contributed by atoms with Crippen molar-refractivity contribution in [3.8, 4) is 11.5 Å². The van der Waals surface area contributed by atoms with Gasteiger partial charge in [-0.2, -0.15) is 0 Å². The van der Waals surface area contributed by atoms with Crippen LogP contribution >= 0.6 is 0 Å². The number of rotatable bonds is 12. The Hall–Kier alpha value is -2.74. The molecule has 0 aromatic heterocycles. The SMILES string of the molecule is CCOCC(=O)N(CCN1CCOCC1)C1C=C(C(=O)NCCO)C2c3cc(CO)cc(OC)c3OC2C1O. The Morgan fingerprint density at radius 2 is 2.00 bits per heavy atom. The normalized spacial score (nSPS) is 24.3. The van der Waals surface area contributed by atoms with E-state index in [0.717, 1.165) is 13.1 Å². The van der Waals surface area contributed by atoms with Gasteiger partial charge in [-0.05, 0) is 30.7 Å². The summed E-state index contributed by atoms with van der Waals surface area (Å²) >= 11 is 0. The minimum Gasteiger partial charge on any atom is -0.493 e. The molecule has 4 atom stereocenters. The quantitative estimate of drug-likeness (QED) is 0.256. The molecule has 1 aromatic rings. The zero-order valence-corrected chi connectivity index (χ0v) is 22.5. The molecule has 12 nitrogen and oxygen atoms in total. The van der Waals surface area contributed by atoms with Crippen LogP contribution < -0.4 is 14.8 Å². The lowest BCUT2D eigenvalue weighted by Crippen LogP contribution is -2.57. The number of morpholine rings is 1. The third-order valence-electron chi connectivity index (χ3n) is 7.37. The molecular formula is C27H39N3O9. The van der Waals surface area contributed by atoms with Gasteiger partial charge in [0.15, 0.2) is 11.5 Å². The van der Waals surface area contributed by atoms with E-state index in [9.17, 15) is 24.9 Å². The third-order valence-corrected chi connectivity index (χ3v) is 7.37. The number of hydrogen-bond donors (Lipinski definition) is 4. The summed E-state index contributed by atoms with van der Waals surface area (Å²) < 4.78 is 22.6. The summed E-state index contributed by atoms with van der Waals surface area (Å²) in [6.07, 6.45) is -0.439.